The fourth-order valence-electron chi connectivity index (χ4n) is 0.964. The molecule has 4 heteroatoms. The molecule has 0 aromatic carbocycles. The van der Waals surface area contributed by atoms with Gasteiger partial charge in [0.1, 0.15) is 0 Å². The summed E-state index contributed by atoms with van der Waals surface area (Å²) in [5.41, 5.74) is 0.0893. The minimum Gasteiger partial charge on any atom is -0.463 e. The van der Waals surface area contributed by atoms with Gasteiger partial charge in [-0.1, -0.05) is 20.8 Å². The fourth-order valence-corrected chi connectivity index (χ4v) is 0.964. The van der Waals surface area contributed by atoms with Crippen molar-refractivity contribution < 1.29 is 9.57 Å². The number of ether oxygens (including phenoxy) is 1. The number of rotatable bonds is 1. The molecular formula is C9H18N2O2. The van der Waals surface area contributed by atoms with Crippen LogP contribution in [0.3, 0.4) is 0 Å². The van der Waals surface area contributed by atoms with Crippen LogP contribution in [-0.4, -0.2) is 30.8 Å². The van der Waals surface area contributed by atoms with Crippen LogP contribution >= 0.6 is 0 Å². The van der Waals surface area contributed by atoms with Gasteiger partial charge >= 0.3 is 6.02 Å². The first-order chi connectivity index (χ1) is 5.99. The molecule has 1 saturated heterocycles. The number of nitrogens with one attached hydrogen (secondary N) is 1. The quantitative estimate of drug-likeness (QED) is 0.500. The van der Waals surface area contributed by atoms with E-state index in [1.54, 1.807) is 0 Å². The summed E-state index contributed by atoms with van der Waals surface area (Å²) in [6.45, 7) is 8.23. The maximum Gasteiger partial charge on any atom is 0.309 e. The highest BCUT2D eigenvalue weighted by atomic mass is 16.7. The zero-order chi connectivity index (χ0) is 9.90. The molecule has 0 saturated carbocycles. The summed E-state index contributed by atoms with van der Waals surface area (Å²) >= 11 is 0. The Labute approximate surface area is 79.3 Å². The highest BCUT2D eigenvalue weighted by Crippen LogP contribution is 2.14. The van der Waals surface area contributed by atoms with Crippen molar-refractivity contribution >= 4 is 6.02 Å². The second-order valence-electron chi connectivity index (χ2n) is 4.44. The van der Waals surface area contributed by atoms with E-state index < -0.39 is 0 Å². The van der Waals surface area contributed by atoms with Gasteiger partial charge in [0.25, 0.3) is 0 Å². The number of hydroxylamine groups is 2. The summed E-state index contributed by atoms with van der Waals surface area (Å²) in [5.74, 6) is 0. The molecule has 0 bridgehead atoms. The van der Waals surface area contributed by atoms with Gasteiger partial charge in [-0.05, 0) is 11.8 Å². The van der Waals surface area contributed by atoms with E-state index in [1.165, 1.54) is 5.06 Å². The van der Waals surface area contributed by atoms with E-state index in [1.807, 2.05) is 0 Å². The summed E-state index contributed by atoms with van der Waals surface area (Å²) in [6.07, 6.45) is 0.973. The molecule has 1 rings (SSSR count). The Hall–Kier alpha value is -0.770. The molecule has 0 amide bonds. The highest BCUT2D eigenvalue weighted by Gasteiger charge is 2.19. The van der Waals surface area contributed by atoms with Crippen molar-refractivity contribution in [2.75, 3.05) is 19.8 Å². The third-order valence-electron chi connectivity index (χ3n) is 1.62. The summed E-state index contributed by atoms with van der Waals surface area (Å²) in [5, 5.41) is 9.05. The molecule has 0 radical (unpaired) electrons. The van der Waals surface area contributed by atoms with Crippen molar-refractivity contribution in [1.82, 2.24) is 5.06 Å². The van der Waals surface area contributed by atoms with Gasteiger partial charge in [-0.3, -0.25) is 4.84 Å². The Balaban J connectivity index is 2.25. The molecule has 1 N–H and O–H groups in total. The summed E-state index contributed by atoms with van der Waals surface area (Å²) in [6, 6.07) is 0.132. The van der Waals surface area contributed by atoms with E-state index in [0.717, 1.165) is 13.0 Å². The van der Waals surface area contributed by atoms with Crippen molar-refractivity contribution in [3.63, 3.8) is 0 Å². The zero-order valence-electron chi connectivity index (χ0n) is 8.59. The Morgan fingerprint density at radius 1 is 1.54 bits per heavy atom. The second-order valence-corrected chi connectivity index (χ2v) is 4.44. The van der Waals surface area contributed by atoms with Gasteiger partial charge in [0.05, 0.1) is 19.8 Å². The van der Waals surface area contributed by atoms with E-state index in [2.05, 4.69) is 20.8 Å². The normalized spacial score (nSPS) is 17.6. The second kappa shape index (κ2) is 3.96. The maximum absolute atomic E-state index is 7.54. The minimum absolute atomic E-state index is 0.0893. The van der Waals surface area contributed by atoms with Crippen LogP contribution in [0.15, 0.2) is 0 Å². The average Bonchev–Trinajstić information content (AvgIpc) is 2.50. The van der Waals surface area contributed by atoms with E-state index >= 15 is 0 Å². The molecule has 4 nitrogen and oxygen atoms in total. The molecule has 0 unspecified atom stereocenters. The summed E-state index contributed by atoms with van der Waals surface area (Å²) in [4.78, 5) is 5.16. The van der Waals surface area contributed by atoms with Crippen LogP contribution in [0.25, 0.3) is 0 Å². The molecule has 0 aromatic rings. The smallest absolute Gasteiger partial charge is 0.309 e. The van der Waals surface area contributed by atoms with Crippen LogP contribution in [0.1, 0.15) is 27.2 Å². The van der Waals surface area contributed by atoms with Gasteiger partial charge < -0.3 is 4.74 Å². The largest absolute Gasteiger partial charge is 0.463 e. The van der Waals surface area contributed by atoms with Crippen molar-refractivity contribution in [1.29, 1.82) is 5.41 Å². The third kappa shape index (κ3) is 3.63. The number of hydrogen-bond donors (Lipinski definition) is 1. The Bertz CT molecular complexity index is 181. The van der Waals surface area contributed by atoms with E-state index in [0.29, 0.717) is 13.2 Å². The monoisotopic (exact) mass is 186 g/mol. The van der Waals surface area contributed by atoms with E-state index in [-0.39, 0.29) is 11.4 Å². The van der Waals surface area contributed by atoms with Crippen LogP contribution in [0.5, 0.6) is 0 Å². The molecule has 0 aromatic heterocycles. The molecule has 1 heterocycles. The van der Waals surface area contributed by atoms with E-state index in [9.17, 15) is 0 Å². The van der Waals surface area contributed by atoms with Crippen molar-refractivity contribution in [2.24, 2.45) is 5.41 Å². The van der Waals surface area contributed by atoms with Crippen LogP contribution < -0.4 is 0 Å². The Morgan fingerprint density at radius 2 is 2.23 bits per heavy atom. The summed E-state index contributed by atoms with van der Waals surface area (Å²) < 4.78 is 5.27. The van der Waals surface area contributed by atoms with Gasteiger partial charge in [0, 0.05) is 0 Å². The Morgan fingerprint density at radius 3 is 2.69 bits per heavy atom. The highest BCUT2D eigenvalue weighted by molar-refractivity contribution is 5.69. The molecule has 76 valence electrons. The number of nitrogens with zero attached hydrogens (tertiary/aromatic N) is 1. The molecule has 0 atom stereocenters. The lowest BCUT2D eigenvalue weighted by Gasteiger charge is -2.22. The first kappa shape index (κ1) is 10.3. The topological polar surface area (TPSA) is 45.5 Å². The number of amidine groups is 1. The Kier molecular flexibility index (Phi) is 3.14. The lowest BCUT2D eigenvalue weighted by atomic mass is 9.99. The first-order valence-corrected chi connectivity index (χ1v) is 4.61. The minimum atomic E-state index is 0.0893. The van der Waals surface area contributed by atoms with Crippen molar-refractivity contribution in [2.45, 2.75) is 27.2 Å². The van der Waals surface area contributed by atoms with Gasteiger partial charge in [0.15, 0.2) is 0 Å². The molecule has 0 aliphatic carbocycles. The number of hydrogen-bond acceptors (Lipinski definition) is 3. The van der Waals surface area contributed by atoms with Crippen molar-refractivity contribution in [3.05, 3.63) is 0 Å². The van der Waals surface area contributed by atoms with Gasteiger partial charge in [-0.15, -0.1) is 0 Å². The summed E-state index contributed by atoms with van der Waals surface area (Å²) in [7, 11) is 0. The fraction of sp³-hybridized carbons (Fsp3) is 0.889. The predicted molar refractivity (Wildman–Crippen MR) is 50.4 cm³/mol. The van der Waals surface area contributed by atoms with Crippen LogP contribution in [-0.2, 0) is 9.57 Å². The molecule has 1 fully saturated rings. The predicted octanol–water partition coefficient (Wildman–Crippen LogP) is 1.62. The molecule has 1 aliphatic heterocycles. The molecule has 1 aliphatic rings. The van der Waals surface area contributed by atoms with Crippen LogP contribution in [0, 0.1) is 10.8 Å². The maximum atomic E-state index is 7.54. The molecule has 13 heavy (non-hydrogen) atoms. The average molecular weight is 186 g/mol. The SMILES string of the molecule is CC(C)(C)COC(=N)N1CCCO1. The lowest BCUT2D eigenvalue weighted by molar-refractivity contribution is -0.0693. The van der Waals surface area contributed by atoms with Gasteiger partial charge in [0.2, 0.25) is 0 Å². The first-order valence-electron chi connectivity index (χ1n) is 4.61. The van der Waals surface area contributed by atoms with Gasteiger partial charge in [-0.25, -0.2) is 10.5 Å². The zero-order valence-corrected chi connectivity index (χ0v) is 8.59. The molecule has 0 spiro atoms. The third-order valence-corrected chi connectivity index (χ3v) is 1.62. The van der Waals surface area contributed by atoms with E-state index in [4.69, 9.17) is 15.0 Å². The van der Waals surface area contributed by atoms with Crippen LogP contribution in [0.2, 0.25) is 0 Å². The van der Waals surface area contributed by atoms with Crippen molar-refractivity contribution in [3.8, 4) is 0 Å². The lowest BCUT2D eigenvalue weighted by Crippen LogP contribution is -2.30. The van der Waals surface area contributed by atoms with Crippen LogP contribution in [0.4, 0.5) is 0 Å². The van der Waals surface area contributed by atoms with Gasteiger partial charge in [-0.2, -0.15) is 0 Å². The molecular weight excluding hydrogens is 168 g/mol. The standard InChI is InChI=1S/C9H18N2O2/c1-9(2,3)7-12-8(10)11-5-4-6-13-11/h10H,4-7H2,1-3H3.